The average molecular weight is 249 g/mol. The van der Waals surface area contributed by atoms with E-state index in [4.69, 9.17) is 0 Å². The van der Waals surface area contributed by atoms with E-state index in [2.05, 4.69) is 35.8 Å². The van der Waals surface area contributed by atoms with Crippen molar-refractivity contribution < 1.29 is 5.11 Å². The minimum absolute atomic E-state index is 0.0694. The Bertz CT molecular complexity index is 500. The summed E-state index contributed by atoms with van der Waals surface area (Å²) in [6.45, 7) is 3.96. The lowest BCUT2D eigenvalue weighted by Crippen LogP contribution is -2.44. The second-order valence-electron chi connectivity index (χ2n) is 4.57. The summed E-state index contributed by atoms with van der Waals surface area (Å²) in [5.74, 6) is 0. The van der Waals surface area contributed by atoms with E-state index in [1.54, 1.807) is 11.3 Å². The number of benzene rings is 1. The van der Waals surface area contributed by atoms with Crippen molar-refractivity contribution in [1.29, 1.82) is 0 Å². The van der Waals surface area contributed by atoms with E-state index in [1.807, 2.05) is 20.0 Å². The molecule has 0 fully saturated rings. The van der Waals surface area contributed by atoms with Gasteiger partial charge >= 0.3 is 0 Å². The van der Waals surface area contributed by atoms with E-state index in [0.717, 1.165) is 12.0 Å². The first-order valence-corrected chi connectivity index (χ1v) is 6.85. The molecule has 2 atom stereocenters. The predicted molar refractivity (Wildman–Crippen MR) is 74.5 cm³/mol. The van der Waals surface area contributed by atoms with Crippen LogP contribution in [0.3, 0.4) is 0 Å². The third kappa shape index (κ3) is 2.23. The van der Waals surface area contributed by atoms with Crippen LogP contribution >= 0.6 is 11.3 Å². The van der Waals surface area contributed by atoms with Gasteiger partial charge in [0.2, 0.25) is 0 Å². The van der Waals surface area contributed by atoms with E-state index in [9.17, 15) is 5.11 Å². The maximum Gasteiger partial charge on any atom is 0.102 e. The molecule has 2 N–H and O–H groups in total. The van der Waals surface area contributed by atoms with Gasteiger partial charge in [0.15, 0.2) is 0 Å². The lowest BCUT2D eigenvalue weighted by molar-refractivity contribution is 0.0165. The second-order valence-corrected chi connectivity index (χ2v) is 5.52. The third-order valence-corrected chi connectivity index (χ3v) is 4.36. The molecule has 0 spiro atoms. The minimum atomic E-state index is -0.832. The summed E-state index contributed by atoms with van der Waals surface area (Å²) in [4.78, 5) is 0. The molecule has 0 bridgehead atoms. The SMILES string of the molecule is CCC(NC)C(C)(O)c1ccc2ccsc2c1. The molecule has 0 radical (unpaired) electrons. The van der Waals surface area contributed by atoms with Gasteiger partial charge in [-0.1, -0.05) is 19.1 Å². The Morgan fingerprint density at radius 1 is 1.41 bits per heavy atom. The first-order valence-electron chi connectivity index (χ1n) is 5.97. The first kappa shape index (κ1) is 12.6. The molecule has 2 nitrogen and oxygen atoms in total. The smallest absolute Gasteiger partial charge is 0.102 e. The fourth-order valence-corrected chi connectivity index (χ4v) is 3.18. The Labute approximate surface area is 106 Å². The number of likely N-dealkylation sites (N-methyl/N-ethyl adjacent to an activating group) is 1. The van der Waals surface area contributed by atoms with Crippen LogP contribution in [0.5, 0.6) is 0 Å². The van der Waals surface area contributed by atoms with Crippen molar-refractivity contribution >= 4 is 21.4 Å². The number of hydrogen-bond acceptors (Lipinski definition) is 3. The Balaban J connectivity index is 2.43. The molecule has 0 saturated carbocycles. The zero-order chi connectivity index (χ0) is 12.5. The highest BCUT2D eigenvalue weighted by Gasteiger charge is 2.31. The van der Waals surface area contributed by atoms with Crippen LogP contribution in [-0.4, -0.2) is 18.2 Å². The van der Waals surface area contributed by atoms with Crippen molar-refractivity contribution in [2.24, 2.45) is 0 Å². The molecule has 1 aromatic carbocycles. The van der Waals surface area contributed by atoms with E-state index in [0.29, 0.717) is 0 Å². The van der Waals surface area contributed by atoms with E-state index in [1.165, 1.54) is 10.1 Å². The average Bonchev–Trinajstić information content (AvgIpc) is 2.77. The zero-order valence-corrected chi connectivity index (χ0v) is 11.3. The quantitative estimate of drug-likeness (QED) is 0.872. The third-order valence-electron chi connectivity index (χ3n) is 3.48. The number of nitrogens with one attached hydrogen (secondary N) is 1. The Morgan fingerprint density at radius 2 is 2.18 bits per heavy atom. The monoisotopic (exact) mass is 249 g/mol. The summed E-state index contributed by atoms with van der Waals surface area (Å²) >= 11 is 1.71. The highest BCUT2D eigenvalue weighted by Crippen LogP contribution is 2.30. The number of rotatable bonds is 4. The largest absolute Gasteiger partial charge is 0.384 e. The van der Waals surface area contributed by atoms with Crippen LogP contribution in [0.4, 0.5) is 0 Å². The molecule has 1 heterocycles. The molecule has 17 heavy (non-hydrogen) atoms. The van der Waals surface area contributed by atoms with Crippen molar-refractivity contribution in [3.63, 3.8) is 0 Å². The molecule has 0 aliphatic heterocycles. The maximum atomic E-state index is 10.7. The Hall–Kier alpha value is -0.900. The van der Waals surface area contributed by atoms with Crippen LogP contribution in [0.2, 0.25) is 0 Å². The summed E-state index contributed by atoms with van der Waals surface area (Å²) in [5.41, 5.74) is 0.149. The van der Waals surface area contributed by atoms with Crippen LogP contribution in [0.15, 0.2) is 29.6 Å². The van der Waals surface area contributed by atoms with Gasteiger partial charge in [0.05, 0.1) is 0 Å². The van der Waals surface area contributed by atoms with Gasteiger partial charge in [-0.25, -0.2) is 0 Å². The Morgan fingerprint density at radius 3 is 2.82 bits per heavy atom. The van der Waals surface area contributed by atoms with E-state index in [-0.39, 0.29) is 6.04 Å². The summed E-state index contributed by atoms with van der Waals surface area (Å²) in [6.07, 6.45) is 0.895. The minimum Gasteiger partial charge on any atom is -0.384 e. The van der Waals surface area contributed by atoms with Gasteiger partial charge in [-0.15, -0.1) is 11.3 Å². The van der Waals surface area contributed by atoms with Gasteiger partial charge in [0, 0.05) is 10.7 Å². The summed E-state index contributed by atoms with van der Waals surface area (Å²) in [7, 11) is 1.90. The number of thiophene rings is 1. The van der Waals surface area contributed by atoms with Crippen molar-refractivity contribution in [1.82, 2.24) is 5.32 Å². The number of aliphatic hydroxyl groups is 1. The fourth-order valence-electron chi connectivity index (χ4n) is 2.35. The highest BCUT2D eigenvalue weighted by atomic mass is 32.1. The molecule has 2 rings (SSSR count). The van der Waals surface area contributed by atoms with Crippen LogP contribution in [0.1, 0.15) is 25.8 Å². The molecule has 3 heteroatoms. The van der Waals surface area contributed by atoms with Gasteiger partial charge in [-0.3, -0.25) is 0 Å². The first-order chi connectivity index (χ1) is 8.09. The highest BCUT2D eigenvalue weighted by molar-refractivity contribution is 7.17. The van der Waals surface area contributed by atoms with Crippen molar-refractivity contribution in [2.75, 3.05) is 7.05 Å². The van der Waals surface area contributed by atoms with Crippen LogP contribution in [0, 0.1) is 0 Å². The summed E-state index contributed by atoms with van der Waals surface area (Å²) < 4.78 is 1.23. The standard InChI is InChI=1S/C14H19NOS/c1-4-13(15-3)14(2,16)11-6-5-10-7-8-17-12(10)9-11/h5-9,13,15-16H,4H2,1-3H3. The van der Waals surface area contributed by atoms with Crippen LogP contribution < -0.4 is 5.32 Å². The van der Waals surface area contributed by atoms with Crippen molar-refractivity contribution in [2.45, 2.75) is 31.9 Å². The number of hydrogen-bond donors (Lipinski definition) is 2. The molecular formula is C14H19NOS. The normalized spacial score (nSPS) is 16.9. The van der Waals surface area contributed by atoms with E-state index < -0.39 is 5.60 Å². The van der Waals surface area contributed by atoms with Gasteiger partial charge < -0.3 is 10.4 Å². The van der Waals surface area contributed by atoms with E-state index >= 15 is 0 Å². The molecule has 92 valence electrons. The lowest BCUT2D eigenvalue weighted by Gasteiger charge is -2.32. The predicted octanol–water partition coefficient (Wildman–Crippen LogP) is 3.11. The molecule has 2 unspecified atom stereocenters. The maximum absolute atomic E-state index is 10.7. The number of fused-ring (bicyclic) bond motifs is 1. The molecule has 0 amide bonds. The molecule has 0 saturated heterocycles. The molecule has 2 aromatic rings. The van der Waals surface area contributed by atoms with Crippen molar-refractivity contribution in [3.05, 3.63) is 35.2 Å². The molecular weight excluding hydrogens is 230 g/mol. The van der Waals surface area contributed by atoms with Crippen LogP contribution in [-0.2, 0) is 5.60 Å². The second kappa shape index (κ2) is 4.77. The topological polar surface area (TPSA) is 32.3 Å². The molecule has 0 aliphatic rings. The fraction of sp³-hybridized carbons (Fsp3) is 0.429. The van der Waals surface area contributed by atoms with Gasteiger partial charge in [0.1, 0.15) is 5.60 Å². The van der Waals surface area contributed by atoms with Gasteiger partial charge in [-0.05, 0) is 48.9 Å². The van der Waals surface area contributed by atoms with Crippen LogP contribution in [0.25, 0.3) is 10.1 Å². The lowest BCUT2D eigenvalue weighted by atomic mass is 9.86. The summed E-state index contributed by atoms with van der Waals surface area (Å²) in [5, 5.41) is 17.2. The Kier molecular flexibility index (Phi) is 3.52. The summed E-state index contributed by atoms with van der Waals surface area (Å²) in [6, 6.07) is 8.38. The molecule has 0 aliphatic carbocycles. The van der Waals surface area contributed by atoms with Gasteiger partial charge in [-0.2, -0.15) is 0 Å². The van der Waals surface area contributed by atoms with Crippen molar-refractivity contribution in [3.8, 4) is 0 Å². The zero-order valence-electron chi connectivity index (χ0n) is 10.5. The molecule has 1 aromatic heterocycles. The van der Waals surface area contributed by atoms with Gasteiger partial charge in [0.25, 0.3) is 0 Å².